The number of pyridine rings is 1. The summed E-state index contributed by atoms with van der Waals surface area (Å²) in [6, 6.07) is 12.0. The molecule has 3 heterocycles. The molecule has 0 aliphatic rings. The van der Waals surface area contributed by atoms with E-state index < -0.39 is 0 Å². The van der Waals surface area contributed by atoms with Gasteiger partial charge in [0.15, 0.2) is 12.4 Å². The summed E-state index contributed by atoms with van der Waals surface area (Å²) in [6.45, 7) is 2.16. The van der Waals surface area contributed by atoms with Gasteiger partial charge in [0.2, 0.25) is 5.82 Å². The molecule has 0 amide bonds. The number of aryl methyl sites for hydroxylation is 1. The van der Waals surface area contributed by atoms with Gasteiger partial charge in [-0.15, -0.1) is 20.1 Å². The first-order chi connectivity index (χ1) is 12.7. The monoisotopic (exact) mass is 348 g/mol. The molecule has 3 aromatic heterocycles. The van der Waals surface area contributed by atoms with E-state index in [-0.39, 0.29) is 6.61 Å². The van der Waals surface area contributed by atoms with Gasteiger partial charge >= 0.3 is 6.01 Å². The molecule has 0 bridgehead atoms. The number of hydrogen-bond donors (Lipinski definition) is 0. The van der Waals surface area contributed by atoms with Crippen molar-refractivity contribution in [1.82, 2.24) is 40.0 Å². The summed E-state index contributed by atoms with van der Waals surface area (Å²) in [7, 11) is 1.84. The van der Waals surface area contributed by atoms with Gasteiger partial charge in [-0.3, -0.25) is 9.55 Å². The number of hydrogen-bond acceptors (Lipinski definition) is 7. The molecule has 4 rings (SSSR count). The quantitative estimate of drug-likeness (QED) is 0.542. The summed E-state index contributed by atoms with van der Waals surface area (Å²) in [6.07, 6.45) is 3.41. The van der Waals surface area contributed by atoms with E-state index in [1.807, 2.05) is 50.4 Å². The predicted molar refractivity (Wildman–Crippen MR) is 92.5 cm³/mol. The summed E-state index contributed by atoms with van der Waals surface area (Å²) in [5, 5.41) is 20.6. The smallest absolute Gasteiger partial charge is 0.317 e. The highest BCUT2D eigenvalue weighted by Gasteiger charge is 2.13. The first-order valence-electron chi connectivity index (χ1n) is 7.99. The fourth-order valence-electron chi connectivity index (χ4n) is 2.48. The SMILES string of the molecule is Cc1cccc(-n2nnc(COc3nnc(-c4ccncc4)n3C)n2)c1. The van der Waals surface area contributed by atoms with Gasteiger partial charge in [0, 0.05) is 25.0 Å². The summed E-state index contributed by atoms with van der Waals surface area (Å²) < 4.78 is 7.46. The van der Waals surface area contributed by atoms with E-state index in [9.17, 15) is 0 Å². The maximum atomic E-state index is 5.69. The molecule has 0 N–H and O–H groups in total. The highest BCUT2D eigenvalue weighted by molar-refractivity contribution is 5.54. The molecule has 9 heteroatoms. The van der Waals surface area contributed by atoms with E-state index in [4.69, 9.17) is 4.74 Å². The molecule has 0 saturated heterocycles. The molecule has 0 aliphatic carbocycles. The maximum Gasteiger partial charge on any atom is 0.317 e. The van der Waals surface area contributed by atoms with Gasteiger partial charge in [0.1, 0.15) is 0 Å². The van der Waals surface area contributed by atoms with Gasteiger partial charge in [-0.1, -0.05) is 17.2 Å². The second-order valence-electron chi connectivity index (χ2n) is 5.72. The number of tetrazole rings is 1. The van der Waals surface area contributed by atoms with Crippen molar-refractivity contribution in [2.24, 2.45) is 7.05 Å². The van der Waals surface area contributed by atoms with Gasteiger partial charge in [-0.25, -0.2) is 0 Å². The van der Waals surface area contributed by atoms with Crippen molar-refractivity contribution in [3.8, 4) is 23.1 Å². The van der Waals surface area contributed by atoms with Crippen LogP contribution in [0.3, 0.4) is 0 Å². The molecule has 1 aromatic carbocycles. The predicted octanol–water partition coefficient (Wildman–Crippen LogP) is 1.74. The third-order valence-corrected chi connectivity index (χ3v) is 3.79. The van der Waals surface area contributed by atoms with E-state index in [0.717, 1.165) is 16.8 Å². The molecular weight excluding hydrogens is 332 g/mol. The molecule has 0 saturated carbocycles. The molecule has 0 spiro atoms. The van der Waals surface area contributed by atoms with Crippen LogP contribution in [0.1, 0.15) is 11.4 Å². The van der Waals surface area contributed by atoms with Crippen molar-refractivity contribution >= 4 is 0 Å². The molecular formula is C17H16N8O. The molecule has 130 valence electrons. The average Bonchev–Trinajstić information content (AvgIpc) is 3.28. The summed E-state index contributed by atoms with van der Waals surface area (Å²) in [5.74, 6) is 1.15. The average molecular weight is 348 g/mol. The Morgan fingerprint density at radius 3 is 2.69 bits per heavy atom. The Kier molecular flexibility index (Phi) is 4.10. The minimum absolute atomic E-state index is 0.147. The van der Waals surface area contributed by atoms with Crippen LogP contribution in [0, 0.1) is 6.92 Å². The van der Waals surface area contributed by atoms with Crippen LogP contribution in [0.4, 0.5) is 0 Å². The zero-order valence-electron chi connectivity index (χ0n) is 14.3. The van der Waals surface area contributed by atoms with E-state index in [1.165, 1.54) is 4.80 Å². The number of rotatable bonds is 5. The summed E-state index contributed by atoms with van der Waals surface area (Å²) >= 11 is 0. The number of ether oxygens (including phenoxy) is 1. The van der Waals surface area contributed by atoms with Gasteiger partial charge < -0.3 is 4.74 Å². The lowest BCUT2D eigenvalue weighted by molar-refractivity contribution is 0.262. The fourth-order valence-corrected chi connectivity index (χ4v) is 2.48. The standard InChI is InChI=1S/C17H16N8O/c1-12-4-3-5-14(10-12)25-22-15(19-23-25)11-26-17-21-20-16(24(17)2)13-6-8-18-9-7-13/h3-10H,11H2,1-2H3. The van der Waals surface area contributed by atoms with Gasteiger partial charge in [-0.05, 0) is 42.0 Å². The van der Waals surface area contributed by atoms with Crippen molar-refractivity contribution in [2.75, 3.05) is 0 Å². The normalized spacial score (nSPS) is 10.8. The highest BCUT2D eigenvalue weighted by atomic mass is 16.5. The topological polar surface area (TPSA) is 96.4 Å². The molecule has 9 nitrogen and oxygen atoms in total. The number of aromatic nitrogens is 8. The van der Waals surface area contributed by atoms with Gasteiger partial charge in [0.25, 0.3) is 0 Å². The molecule has 0 radical (unpaired) electrons. The Balaban J connectivity index is 1.48. The second kappa shape index (κ2) is 6.71. The number of nitrogens with zero attached hydrogens (tertiary/aromatic N) is 8. The zero-order valence-corrected chi connectivity index (χ0v) is 14.3. The van der Waals surface area contributed by atoms with E-state index in [2.05, 4.69) is 30.6 Å². The molecule has 0 fully saturated rings. The zero-order chi connectivity index (χ0) is 17.9. The van der Waals surface area contributed by atoms with Crippen LogP contribution in [0.15, 0.2) is 48.8 Å². The number of benzene rings is 1. The fraction of sp³-hybridized carbons (Fsp3) is 0.176. The summed E-state index contributed by atoms with van der Waals surface area (Å²) in [5.41, 5.74) is 2.89. The van der Waals surface area contributed by atoms with Crippen LogP contribution >= 0.6 is 0 Å². The molecule has 0 aliphatic heterocycles. The largest absolute Gasteiger partial charge is 0.455 e. The summed E-state index contributed by atoms with van der Waals surface area (Å²) in [4.78, 5) is 5.48. The van der Waals surface area contributed by atoms with Crippen LogP contribution in [0.25, 0.3) is 17.1 Å². The van der Waals surface area contributed by atoms with Crippen LogP contribution in [-0.4, -0.2) is 40.0 Å². The van der Waals surface area contributed by atoms with Crippen LogP contribution in [-0.2, 0) is 13.7 Å². The van der Waals surface area contributed by atoms with E-state index >= 15 is 0 Å². The minimum atomic E-state index is 0.147. The van der Waals surface area contributed by atoms with Crippen molar-refractivity contribution in [2.45, 2.75) is 13.5 Å². The van der Waals surface area contributed by atoms with Crippen molar-refractivity contribution in [3.63, 3.8) is 0 Å². The van der Waals surface area contributed by atoms with Crippen molar-refractivity contribution < 1.29 is 4.74 Å². The first kappa shape index (κ1) is 15.9. The Morgan fingerprint density at radius 2 is 1.88 bits per heavy atom. The Bertz CT molecular complexity index is 1020. The van der Waals surface area contributed by atoms with Crippen molar-refractivity contribution in [1.29, 1.82) is 0 Å². The lowest BCUT2D eigenvalue weighted by Crippen LogP contribution is -2.04. The second-order valence-corrected chi connectivity index (χ2v) is 5.72. The third kappa shape index (κ3) is 3.14. The lowest BCUT2D eigenvalue weighted by atomic mass is 10.2. The van der Waals surface area contributed by atoms with Crippen LogP contribution in [0.2, 0.25) is 0 Å². The maximum absolute atomic E-state index is 5.69. The lowest BCUT2D eigenvalue weighted by Gasteiger charge is -2.04. The Morgan fingerprint density at radius 1 is 1.04 bits per heavy atom. The Labute approximate surface area is 149 Å². The minimum Gasteiger partial charge on any atom is -0.455 e. The van der Waals surface area contributed by atoms with Crippen molar-refractivity contribution in [3.05, 3.63) is 60.2 Å². The van der Waals surface area contributed by atoms with Gasteiger partial charge in [-0.2, -0.15) is 0 Å². The van der Waals surface area contributed by atoms with Crippen LogP contribution < -0.4 is 4.74 Å². The third-order valence-electron chi connectivity index (χ3n) is 3.79. The molecule has 4 aromatic rings. The molecule has 0 atom stereocenters. The van der Waals surface area contributed by atoms with Crippen LogP contribution in [0.5, 0.6) is 6.01 Å². The highest BCUT2D eigenvalue weighted by Crippen LogP contribution is 2.19. The Hall–Kier alpha value is -3.62. The van der Waals surface area contributed by atoms with E-state index in [0.29, 0.717) is 17.7 Å². The molecule has 0 unspecified atom stereocenters. The van der Waals surface area contributed by atoms with Gasteiger partial charge in [0.05, 0.1) is 5.69 Å². The molecule has 26 heavy (non-hydrogen) atoms. The van der Waals surface area contributed by atoms with E-state index in [1.54, 1.807) is 17.0 Å². The first-order valence-corrected chi connectivity index (χ1v) is 7.99.